The van der Waals surface area contributed by atoms with E-state index >= 15 is 0 Å². The molecule has 2 N–H and O–H groups in total. The molecule has 1 aliphatic carbocycles. The van der Waals surface area contributed by atoms with Gasteiger partial charge in [0.05, 0.1) is 6.54 Å². The second-order valence-electron chi connectivity index (χ2n) is 5.19. The lowest BCUT2D eigenvalue weighted by Gasteiger charge is -2.13. The molecule has 0 atom stereocenters. The summed E-state index contributed by atoms with van der Waals surface area (Å²) in [6, 6.07) is 1.79. The highest BCUT2D eigenvalue weighted by Crippen LogP contribution is 2.19. The van der Waals surface area contributed by atoms with Crippen LogP contribution in [-0.2, 0) is 6.54 Å². The predicted octanol–water partition coefficient (Wildman–Crippen LogP) is 2.63. The van der Waals surface area contributed by atoms with E-state index in [0.29, 0.717) is 13.1 Å². The summed E-state index contributed by atoms with van der Waals surface area (Å²) in [5, 5.41) is 9.80. The van der Waals surface area contributed by atoms with Crippen molar-refractivity contribution in [3.05, 3.63) is 42.3 Å². The van der Waals surface area contributed by atoms with E-state index in [-0.39, 0.29) is 6.03 Å². The molecule has 1 aromatic heterocycles. The Labute approximate surface area is 126 Å². The van der Waals surface area contributed by atoms with Gasteiger partial charge in [-0.05, 0) is 38.2 Å². The van der Waals surface area contributed by atoms with Gasteiger partial charge in [0, 0.05) is 25.5 Å². The molecular formula is C16H24N4O. The van der Waals surface area contributed by atoms with E-state index in [2.05, 4.69) is 21.8 Å². The topological polar surface area (TPSA) is 59.0 Å². The Morgan fingerprint density at radius 3 is 3.05 bits per heavy atom. The Bertz CT molecular complexity index is 476. The van der Waals surface area contributed by atoms with Crippen LogP contribution in [0.5, 0.6) is 0 Å². The Morgan fingerprint density at radius 1 is 1.33 bits per heavy atom. The molecule has 0 fully saturated rings. The molecule has 21 heavy (non-hydrogen) atoms. The van der Waals surface area contributed by atoms with Crippen molar-refractivity contribution in [2.24, 2.45) is 0 Å². The summed E-state index contributed by atoms with van der Waals surface area (Å²) in [6.07, 6.45) is 15.9. The maximum atomic E-state index is 11.6. The molecule has 0 aromatic carbocycles. The van der Waals surface area contributed by atoms with Crippen molar-refractivity contribution < 1.29 is 4.79 Å². The Hall–Kier alpha value is -2.04. The van der Waals surface area contributed by atoms with Gasteiger partial charge in [0.2, 0.25) is 0 Å². The number of nitrogens with one attached hydrogen (secondary N) is 2. The fourth-order valence-corrected chi connectivity index (χ4v) is 2.36. The molecule has 0 saturated heterocycles. The highest BCUT2D eigenvalue weighted by atomic mass is 16.2. The number of hydrogen-bond donors (Lipinski definition) is 2. The molecule has 0 saturated carbocycles. The summed E-state index contributed by atoms with van der Waals surface area (Å²) < 4.78 is 1.83. The van der Waals surface area contributed by atoms with Gasteiger partial charge < -0.3 is 10.6 Å². The molecule has 114 valence electrons. The molecule has 0 bridgehead atoms. The lowest BCUT2D eigenvalue weighted by atomic mass is 9.97. The first-order valence-electron chi connectivity index (χ1n) is 7.66. The highest BCUT2D eigenvalue weighted by molar-refractivity contribution is 5.73. The summed E-state index contributed by atoms with van der Waals surface area (Å²) in [4.78, 5) is 11.6. The van der Waals surface area contributed by atoms with Crippen LogP contribution in [0.3, 0.4) is 0 Å². The van der Waals surface area contributed by atoms with Crippen LogP contribution in [-0.4, -0.2) is 28.9 Å². The van der Waals surface area contributed by atoms with Gasteiger partial charge in [-0.25, -0.2) is 4.79 Å². The van der Waals surface area contributed by atoms with Gasteiger partial charge in [-0.2, -0.15) is 5.10 Å². The second-order valence-corrected chi connectivity index (χ2v) is 5.19. The van der Waals surface area contributed by atoms with E-state index in [4.69, 9.17) is 0 Å². The van der Waals surface area contributed by atoms with Gasteiger partial charge in [0.25, 0.3) is 0 Å². The van der Waals surface area contributed by atoms with Crippen LogP contribution in [0.25, 0.3) is 0 Å². The van der Waals surface area contributed by atoms with E-state index in [1.807, 2.05) is 29.1 Å². The number of urea groups is 1. The summed E-state index contributed by atoms with van der Waals surface area (Å²) >= 11 is 0. The zero-order valence-corrected chi connectivity index (χ0v) is 12.4. The number of amides is 2. The molecule has 0 aliphatic heterocycles. The first-order chi connectivity index (χ1) is 10.3. The standard InChI is InChI=1S/C16H24N4O/c21-16(18-12-9-15-7-2-1-3-8-15)17-10-4-5-13-20-14-6-11-19-20/h4-7,11,14H,1-3,8-10,12-13H2,(H2,17,18,21)/b5-4+. The van der Waals surface area contributed by atoms with Crippen molar-refractivity contribution in [3.63, 3.8) is 0 Å². The van der Waals surface area contributed by atoms with Crippen molar-refractivity contribution in [1.29, 1.82) is 0 Å². The summed E-state index contributed by atoms with van der Waals surface area (Å²) in [7, 11) is 0. The zero-order chi connectivity index (χ0) is 14.8. The normalized spacial score (nSPS) is 15.0. The maximum absolute atomic E-state index is 11.6. The summed E-state index contributed by atoms with van der Waals surface area (Å²) in [5.41, 5.74) is 1.49. The van der Waals surface area contributed by atoms with Crippen molar-refractivity contribution in [1.82, 2.24) is 20.4 Å². The molecule has 0 radical (unpaired) electrons. The number of rotatable bonds is 7. The predicted molar refractivity (Wildman–Crippen MR) is 83.9 cm³/mol. The van der Waals surface area contributed by atoms with Crippen molar-refractivity contribution in [2.75, 3.05) is 13.1 Å². The zero-order valence-electron chi connectivity index (χ0n) is 12.4. The van der Waals surface area contributed by atoms with Crippen LogP contribution in [0.2, 0.25) is 0 Å². The number of carbonyl (C=O) groups excluding carboxylic acids is 1. The fraction of sp³-hybridized carbons (Fsp3) is 0.500. The molecule has 0 spiro atoms. The minimum absolute atomic E-state index is 0.102. The Balaban J connectivity index is 1.51. The average Bonchev–Trinajstić information content (AvgIpc) is 3.01. The molecule has 2 rings (SSSR count). The van der Waals surface area contributed by atoms with Crippen molar-refractivity contribution in [3.8, 4) is 0 Å². The number of aromatic nitrogens is 2. The van der Waals surface area contributed by atoms with Gasteiger partial charge in [0.1, 0.15) is 0 Å². The Morgan fingerprint density at radius 2 is 2.29 bits per heavy atom. The first kappa shape index (κ1) is 15.4. The molecule has 5 nitrogen and oxygen atoms in total. The maximum Gasteiger partial charge on any atom is 0.315 e. The van der Waals surface area contributed by atoms with Gasteiger partial charge in [-0.1, -0.05) is 23.8 Å². The van der Waals surface area contributed by atoms with E-state index in [1.165, 1.54) is 31.3 Å². The number of hydrogen-bond acceptors (Lipinski definition) is 2. The van der Waals surface area contributed by atoms with Gasteiger partial charge in [-0.3, -0.25) is 4.68 Å². The van der Waals surface area contributed by atoms with Gasteiger partial charge >= 0.3 is 6.03 Å². The van der Waals surface area contributed by atoms with Crippen LogP contribution in [0, 0.1) is 0 Å². The van der Waals surface area contributed by atoms with Crippen LogP contribution in [0.15, 0.2) is 42.3 Å². The highest BCUT2D eigenvalue weighted by Gasteiger charge is 2.04. The quantitative estimate of drug-likeness (QED) is 0.758. The summed E-state index contributed by atoms with van der Waals surface area (Å²) in [6.45, 7) is 1.98. The third-order valence-electron chi connectivity index (χ3n) is 3.52. The number of carbonyl (C=O) groups is 1. The second kappa shape index (κ2) is 9.00. The average molecular weight is 288 g/mol. The first-order valence-corrected chi connectivity index (χ1v) is 7.66. The summed E-state index contributed by atoms with van der Waals surface area (Å²) in [5.74, 6) is 0. The van der Waals surface area contributed by atoms with Crippen LogP contribution >= 0.6 is 0 Å². The molecule has 1 heterocycles. The minimum Gasteiger partial charge on any atom is -0.338 e. The van der Waals surface area contributed by atoms with Crippen molar-refractivity contribution in [2.45, 2.75) is 38.6 Å². The Kier molecular flexibility index (Phi) is 6.58. The molecule has 1 aliphatic rings. The third-order valence-corrected chi connectivity index (χ3v) is 3.52. The van der Waals surface area contributed by atoms with Crippen molar-refractivity contribution >= 4 is 6.03 Å². The largest absolute Gasteiger partial charge is 0.338 e. The lowest BCUT2D eigenvalue weighted by Crippen LogP contribution is -2.36. The molecule has 2 amide bonds. The van der Waals surface area contributed by atoms with E-state index in [0.717, 1.165) is 13.0 Å². The fourth-order valence-electron chi connectivity index (χ4n) is 2.36. The third kappa shape index (κ3) is 6.29. The molecule has 1 aromatic rings. The van der Waals surface area contributed by atoms with Crippen LogP contribution < -0.4 is 10.6 Å². The van der Waals surface area contributed by atoms with Crippen LogP contribution in [0.4, 0.5) is 4.79 Å². The minimum atomic E-state index is -0.102. The van der Waals surface area contributed by atoms with Gasteiger partial charge in [0.15, 0.2) is 0 Å². The van der Waals surface area contributed by atoms with Crippen LogP contribution in [0.1, 0.15) is 32.1 Å². The molecule has 5 heteroatoms. The smallest absolute Gasteiger partial charge is 0.315 e. The number of allylic oxidation sites excluding steroid dienone is 2. The van der Waals surface area contributed by atoms with E-state index in [1.54, 1.807) is 6.20 Å². The lowest BCUT2D eigenvalue weighted by molar-refractivity contribution is 0.242. The monoisotopic (exact) mass is 288 g/mol. The van der Waals surface area contributed by atoms with Gasteiger partial charge in [-0.15, -0.1) is 0 Å². The molecule has 0 unspecified atom stereocenters. The van der Waals surface area contributed by atoms with E-state index in [9.17, 15) is 4.79 Å². The van der Waals surface area contributed by atoms with E-state index < -0.39 is 0 Å². The SMILES string of the molecule is O=C(NC/C=C/Cn1cccn1)NCCC1=CCCCC1. The number of nitrogens with zero attached hydrogens (tertiary/aromatic N) is 2. The molecular weight excluding hydrogens is 264 g/mol.